The van der Waals surface area contributed by atoms with Crippen LogP contribution in [0.1, 0.15) is 31.9 Å². The standard InChI is InChI=1S/C12H15N3O5/c1-2-3-4-10-8-14(12(16)20-10)13-7-9-5-6-11(19-9)15(17)18/h5-7,10H,2-4,8H2,1H3. The van der Waals surface area contributed by atoms with Crippen LogP contribution in [0.4, 0.5) is 10.7 Å². The molecule has 108 valence electrons. The van der Waals surface area contributed by atoms with Crippen LogP contribution in [-0.4, -0.2) is 34.9 Å². The molecule has 1 aromatic heterocycles. The first-order valence-corrected chi connectivity index (χ1v) is 6.36. The van der Waals surface area contributed by atoms with Crippen LogP contribution >= 0.6 is 0 Å². The van der Waals surface area contributed by atoms with Gasteiger partial charge in [0.05, 0.1) is 18.8 Å². The Morgan fingerprint density at radius 2 is 2.40 bits per heavy atom. The van der Waals surface area contributed by atoms with E-state index in [2.05, 4.69) is 12.0 Å². The number of hydrogen-bond acceptors (Lipinski definition) is 6. The monoisotopic (exact) mass is 281 g/mol. The number of nitro groups is 1. The molecule has 0 aromatic carbocycles. The summed E-state index contributed by atoms with van der Waals surface area (Å²) in [5, 5.41) is 15.6. The number of hydrazone groups is 1. The molecule has 20 heavy (non-hydrogen) atoms. The van der Waals surface area contributed by atoms with Gasteiger partial charge in [0, 0.05) is 0 Å². The van der Waals surface area contributed by atoms with Crippen molar-refractivity contribution in [2.75, 3.05) is 6.54 Å². The molecule has 2 heterocycles. The van der Waals surface area contributed by atoms with Gasteiger partial charge in [-0.2, -0.15) is 10.1 Å². The molecular formula is C12H15N3O5. The average molecular weight is 281 g/mol. The predicted octanol–water partition coefficient (Wildman–Crippen LogP) is 2.53. The van der Waals surface area contributed by atoms with Gasteiger partial charge in [-0.25, -0.2) is 4.79 Å². The summed E-state index contributed by atoms with van der Waals surface area (Å²) in [5.74, 6) is -0.155. The fraction of sp³-hybridized carbons (Fsp3) is 0.500. The Morgan fingerprint density at radius 3 is 3.05 bits per heavy atom. The lowest BCUT2D eigenvalue weighted by atomic mass is 10.2. The van der Waals surface area contributed by atoms with Crippen molar-refractivity contribution in [1.82, 2.24) is 5.01 Å². The van der Waals surface area contributed by atoms with E-state index in [0.717, 1.165) is 19.3 Å². The summed E-state index contributed by atoms with van der Waals surface area (Å²) in [6.07, 6.45) is 3.43. The molecule has 1 unspecified atom stereocenters. The summed E-state index contributed by atoms with van der Waals surface area (Å²) in [4.78, 5) is 21.3. The lowest BCUT2D eigenvalue weighted by molar-refractivity contribution is -0.402. The highest BCUT2D eigenvalue weighted by atomic mass is 16.6. The summed E-state index contributed by atoms with van der Waals surface area (Å²) in [5.41, 5.74) is 0. The maximum Gasteiger partial charge on any atom is 0.433 e. The van der Waals surface area contributed by atoms with E-state index < -0.39 is 11.0 Å². The Labute approximate surface area is 115 Å². The van der Waals surface area contributed by atoms with Gasteiger partial charge in [-0.1, -0.05) is 13.3 Å². The third-order valence-electron chi connectivity index (χ3n) is 2.85. The van der Waals surface area contributed by atoms with E-state index in [1.54, 1.807) is 0 Å². The molecule has 8 heteroatoms. The number of ether oxygens (including phenoxy) is 1. The normalized spacial score (nSPS) is 18.8. The molecular weight excluding hydrogens is 266 g/mol. The molecule has 2 rings (SSSR count). The van der Waals surface area contributed by atoms with Gasteiger partial charge in [-0.15, -0.1) is 0 Å². The third kappa shape index (κ3) is 3.34. The Hall–Kier alpha value is -2.38. The number of amides is 1. The first-order valence-electron chi connectivity index (χ1n) is 6.36. The van der Waals surface area contributed by atoms with Crippen molar-refractivity contribution < 1.29 is 18.9 Å². The lowest BCUT2D eigenvalue weighted by Crippen LogP contribution is -2.19. The van der Waals surface area contributed by atoms with Crippen molar-refractivity contribution in [2.45, 2.75) is 32.3 Å². The van der Waals surface area contributed by atoms with E-state index in [4.69, 9.17) is 9.15 Å². The van der Waals surface area contributed by atoms with Gasteiger partial charge in [0.2, 0.25) is 0 Å². The molecule has 0 radical (unpaired) electrons. The second-order valence-electron chi connectivity index (χ2n) is 4.41. The molecule has 1 aliphatic heterocycles. The molecule has 0 N–H and O–H groups in total. The van der Waals surface area contributed by atoms with E-state index >= 15 is 0 Å². The van der Waals surface area contributed by atoms with Crippen molar-refractivity contribution in [2.24, 2.45) is 5.10 Å². The zero-order chi connectivity index (χ0) is 14.5. The SMILES string of the molecule is CCCCC1CN(N=Cc2ccc([N+](=O)[O-])o2)C(=O)O1. The van der Waals surface area contributed by atoms with Crippen LogP contribution in [0.2, 0.25) is 0 Å². The summed E-state index contributed by atoms with van der Waals surface area (Å²) >= 11 is 0. The van der Waals surface area contributed by atoms with Crippen molar-refractivity contribution in [3.05, 3.63) is 28.0 Å². The highest BCUT2D eigenvalue weighted by molar-refractivity contribution is 5.78. The lowest BCUT2D eigenvalue weighted by Gasteiger charge is -2.05. The topological polar surface area (TPSA) is 98.2 Å². The van der Waals surface area contributed by atoms with Gasteiger partial charge in [-0.05, 0) is 18.9 Å². The highest BCUT2D eigenvalue weighted by Gasteiger charge is 2.30. The van der Waals surface area contributed by atoms with E-state index in [1.807, 2.05) is 0 Å². The summed E-state index contributed by atoms with van der Waals surface area (Å²) in [6.45, 7) is 2.45. The van der Waals surface area contributed by atoms with Crippen LogP contribution in [0.3, 0.4) is 0 Å². The number of unbranched alkanes of at least 4 members (excludes halogenated alkanes) is 1. The fourth-order valence-corrected chi connectivity index (χ4v) is 1.82. The molecule has 0 saturated carbocycles. The Bertz CT molecular complexity index is 525. The van der Waals surface area contributed by atoms with E-state index in [9.17, 15) is 14.9 Å². The number of carbonyl (C=O) groups is 1. The molecule has 1 atom stereocenters. The van der Waals surface area contributed by atoms with Gasteiger partial charge in [-0.3, -0.25) is 10.1 Å². The van der Waals surface area contributed by atoms with Crippen LogP contribution in [0, 0.1) is 10.1 Å². The smallest absolute Gasteiger partial charge is 0.433 e. The maximum absolute atomic E-state index is 11.5. The van der Waals surface area contributed by atoms with E-state index in [0.29, 0.717) is 6.54 Å². The maximum atomic E-state index is 11.5. The minimum Gasteiger partial charge on any atom is -0.443 e. The molecule has 1 amide bonds. The van der Waals surface area contributed by atoms with Crippen LogP contribution in [0.5, 0.6) is 0 Å². The van der Waals surface area contributed by atoms with Gasteiger partial charge < -0.3 is 9.15 Å². The van der Waals surface area contributed by atoms with Crippen LogP contribution in [0.25, 0.3) is 0 Å². The van der Waals surface area contributed by atoms with Crippen molar-refractivity contribution >= 4 is 18.2 Å². The number of hydrogen-bond donors (Lipinski definition) is 0. The number of furan rings is 1. The van der Waals surface area contributed by atoms with E-state index in [-0.39, 0.29) is 17.7 Å². The van der Waals surface area contributed by atoms with Crippen LogP contribution < -0.4 is 0 Å². The first-order chi connectivity index (χ1) is 9.60. The molecule has 0 bridgehead atoms. The molecule has 1 aromatic rings. The van der Waals surface area contributed by atoms with Gasteiger partial charge in [0.25, 0.3) is 0 Å². The minimum absolute atomic E-state index is 0.148. The van der Waals surface area contributed by atoms with Crippen LogP contribution in [-0.2, 0) is 4.74 Å². The molecule has 0 aliphatic carbocycles. The van der Waals surface area contributed by atoms with Gasteiger partial charge in [0.1, 0.15) is 11.0 Å². The Morgan fingerprint density at radius 1 is 1.60 bits per heavy atom. The van der Waals surface area contributed by atoms with Crippen LogP contribution in [0.15, 0.2) is 21.7 Å². The number of nitrogens with zero attached hydrogens (tertiary/aromatic N) is 3. The second-order valence-corrected chi connectivity index (χ2v) is 4.41. The number of carbonyl (C=O) groups excluding carboxylic acids is 1. The highest BCUT2D eigenvalue weighted by Crippen LogP contribution is 2.18. The number of rotatable bonds is 6. The summed E-state index contributed by atoms with van der Waals surface area (Å²) in [6, 6.07) is 2.64. The predicted molar refractivity (Wildman–Crippen MR) is 69.5 cm³/mol. The quantitative estimate of drug-likeness (QED) is 0.453. The van der Waals surface area contributed by atoms with Crippen molar-refractivity contribution in [3.63, 3.8) is 0 Å². The zero-order valence-corrected chi connectivity index (χ0v) is 11.0. The van der Waals surface area contributed by atoms with Crippen molar-refractivity contribution in [3.8, 4) is 0 Å². The molecule has 0 spiro atoms. The Kier molecular flexibility index (Phi) is 4.34. The second kappa shape index (κ2) is 6.18. The van der Waals surface area contributed by atoms with Gasteiger partial charge >= 0.3 is 12.0 Å². The third-order valence-corrected chi connectivity index (χ3v) is 2.85. The fourth-order valence-electron chi connectivity index (χ4n) is 1.82. The summed E-state index contributed by atoms with van der Waals surface area (Å²) < 4.78 is 10.0. The minimum atomic E-state index is -0.637. The van der Waals surface area contributed by atoms with Crippen molar-refractivity contribution in [1.29, 1.82) is 0 Å². The largest absolute Gasteiger partial charge is 0.443 e. The van der Waals surface area contributed by atoms with Gasteiger partial charge in [0.15, 0.2) is 5.76 Å². The van der Waals surface area contributed by atoms with E-state index in [1.165, 1.54) is 23.4 Å². The Balaban J connectivity index is 1.93. The molecule has 1 saturated heterocycles. The number of cyclic esters (lactones) is 1. The average Bonchev–Trinajstić information content (AvgIpc) is 3.01. The summed E-state index contributed by atoms with van der Waals surface area (Å²) in [7, 11) is 0. The molecule has 1 aliphatic rings. The molecule has 1 fully saturated rings. The zero-order valence-electron chi connectivity index (χ0n) is 11.0. The first kappa shape index (κ1) is 14.0. The molecule has 8 nitrogen and oxygen atoms in total.